The Bertz CT molecular complexity index is 1670. The summed E-state index contributed by atoms with van der Waals surface area (Å²) >= 11 is 0. The van der Waals surface area contributed by atoms with Crippen LogP contribution in [0.1, 0.15) is 78.4 Å². The summed E-state index contributed by atoms with van der Waals surface area (Å²) in [6.07, 6.45) is -11.0. The lowest BCUT2D eigenvalue weighted by Gasteiger charge is -2.38. The van der Waals surface area contributed by atoms with Gasteiger partial charge in [0.05, 0.1) is 17.2 Å². The number of halogens is 6. The molecule has 1 unspecified atom stereocenters. The van der Waals surface area contributed by atoms with Gasteiger partial charge in [0.2, 0.25) is 5.41 Å². The molecule has 0 aliphatic carbocycles. The molecule has 0 N–H and O–H groups in total. The lowest BCUT2D eigenvalue weighted by Crippen LogP contribution is -2.54. The van der Waals surface area contributed by atoms with Crippen molar-refractivity contribution in [2.75, 3.05) is 0 Å². The van der Waals surface area contributed by atoms with Crippen LogP contribution in [-0.2, 0) is 15.6 Å². The van der Waals surface area contributed by atoms with Gasteiger partial charge in [0.15, 0.2) is 0 Å². The van der Waals surface area contributed by atoms with Gasteiger partial charge < -0.3 is 9.47 Å². The van der Waals surface area contributed by atoms with Crippen molar-refractivity contribution in [1.82, 2.24) is 0 Å². The van der Waals surface area contributed by atoms with E-state index < -0.39 is 46.2 Å². The molecule has 1 atom stereocenters. The van der Waals surface area contributed by atoms with E-state index in [-0.39, 0.29) is 17.4 Å². The van der Waals surface area contributed by atoms with Crippen LogP contribution in [0.3, 0.4) is 0 Å². The Balaban J connectivity index is 1.55. The van der Waals surface area contributed by atoms with Gasteiger partial charge >= 0.3 is 24.3 Å². The van der Waals surface area contributed by atoms with E-state index in [2.05, 4.69) is 0 Å². The zero-order valence-electron chi connectivity index (χ0n) is 26.4. The van der Waals surface area contributed by atoms with Gasteiger partial charge in [-0.05, 0) is 83.0 Å². The second-order valence-electron chi connectivity index (χ2n) is 12.3. The van der Waals surface area contributed by atoms with Crippen molar-refractivity contribution in [1.29, 1.82) is 0 Å². The number of esters is 2. The van der Waals surface area contributed by atoms with Gasteiger partial charge in [0.1, 0.15) is 5.75 Å². The third kappa shape index (κ3) is 7.37. The van der Waals surface area contributed by atoms with Gasteiger partial charge in [0.25, 0.3) is 0 Å². The van der Waals surface area contributed by atoms with Crippen LogP contribution >= 0.6 is 0 Å². The summed E-state index contributed by atoms with van der Waals surface area (Å²) in [4.78, 5) is 25.0. The second-order valence-corrected chi connectivity index (χ2v) is 12.3. The molecule has 0 heterocycles. The van der Waals surface area contributed by atoms with Crippen LogP contribution < -0.4 is 4.74 Å². The van der Waals surface area contributed by atoms with Crippen LogP contribution in [0.5, 0.6) is 5.75 Å². The standard InChI is InChI=1S/C37H34F6O4/c1-6-23(2)46-32(44)26-11-7-24(8-12-26)25-9-13-27(14-10-25)33(45)47-31-21-19-30(20-22-31)35(36(38,39)40,37(41,42)43)29-17-15-28(16-18-29)34(3,4)5/h7-23H,6H2,1-5H3. The smallest absolute Gasteiger partial charge is 0.411 e. The highest BCUT2D eigenvalue weighted by atomic mass is 19.4. The first kappa shape index (κ1) is 35.3. The van der Waals surface area contributed by atoms with Crippen molar-refractivity contribution >= 4 is 11.9 Å². The number of rotatable bonds is 8. The lowest BCUT2D eigenvalue weighted by atomic mass is 9.72. The normalized spacial score (nSPS) is 13.2. The van der Waals surface area contributed by atoms with Crippen LogP contribution in [0.2, 0.25) is 0 Å². The average molecular weight is 657 g/mol. The average Bonchev–Trinajstić information content (AvgIpc) is 3.00. The summed E-state index contributed by atoms with van der Waals surface area (Å²) < 4.78 is 97.9. The van der Waals surface area contributed by atoms with Gasteiger partial charge in [-0.25, -0.2) is 9.59 Å². The minimum atomic E-state index is -5.74. The van der Waals surface area contributed by atoms with Crippen molar-refractivity contribution in [2.24, 2.45) is 0 Å². The first-order valence-electron chi connectivity index (χ1n) is 14.9. The Morgan fingerprint density at radius 3 is 1.36 bits per heavy atom. The molecule has 10 heteroatoms. The largest absolute Gasteiger partial charge is 0.459 e. The van der Waals surface area contributed by atoms with Crippen molar-refractivity contribution in [3.63, 3.8) is 0 Å². The Hall–Kier alpha value is -4.60. The summed E-state index contributed by atoms with van der Waals surface area (Å²) in [6.45, 7) is 9.10. The van der Waals surface area contributed by atoms with Crippen LogP contribution in [0, 0.1) is 0 Å². The highest BCUT2D eigenvalue weighted by Crippen LogP contribution is 2.56. The molecule has 0 aliphatic rings. The number of carbonyl (C=O) groups excluding carboxylic acids is 2. The maximum Gasteiger partial charge on any atom is 0.411 e. The van der Waals surface area contributed by atoms with Crippen molar-refractivity contribution in [2.45, 2.75) is 70.3 Å². The molecular formula is C37H34F6O4. The number of benzene rings is 4. The SMILES string of the molecule is CCC(C)OC(=O)c1ccc(-c2ccc(C(=O)Oc3ccc(C(c4ccc(C(C)(C)C)cc4)(C(F)(F)F)C(F)(F)F)cc3)cc2)cc1. The summed E-state index contributed by atoms with van der Waals surface area (Å²) in [5.74, 6) is -1.53. The summed E-state index contributed by atoms with van der Waals surface area (Å²) in [6, 6.07) is 20.3. The Labute approximate surface area is 269 Å². The van der Waals surface area contributed by atoms with E-state index in [1.165, 1.54) is 24.3 Å². The maximum atomic E-state index is 14.6. The molecule has 4 nitrogen and oxygen atoms in total. The summed E-state index contributed by atoms with van der Waals surface area (Å²) in [7, 11) is 0. The van der Waals surface area contributed by atoms with Crippen LogP contribution in [0.15, 0.2) is 97.1 Å². The molecule has 4 aromatic carbocycles. The minimum Gasteiger partial charge on any atom is -0.459 e. The van der Waals surface area contributed by atoms with Crippen LogP contribution in [0.25, 0.3) is 11.1 Å². The number of alkyl halides is 6. The van der Waals surface area contributed by atoms with Gasteiger partial charge in [-0.3, -0.25) is 0 Å². The second kappa shape index (κ2) is 13.3. The van der Waals surface area contributed by atoms with Crippen molar-refractivity contribution in [3.8, 4) is 16.9 Å². The summed E-state index contributed by atoms with van der Waals surface area (Å²) in [5, 5.41) is 0. The zero-order chi connectivity index (χ0) is 34.8. The minimum absolute atomic E-state index is 0.102. The van der Waals surface area contributed by atoms with Gasteiger partial charge in [-0.15, -0.1) is 0 Å². The van der Waals surface area contributed by atoms with Crippen LogP contribution in [0.4, 0.5) is 26.3 Å². The predicted octanol–water partition coefficient (Wildman–Crippen LogP) is 10.2. The van der Waals surface area contributed by atoms with E-state index in [0.29, 0.717) is 29.7 Å². The predicted molar refractivity (Wildman–Crippen MR) is 166 cm³/mol. The van der Waals surface area contributed by atoms with Gasteiger partial charge in [-0.2, -0.15) is 26.3 Å². The molecule has 0 aliphatic heterocycles. The molecule has 47 heavy (non-hydrogen) atoms. The Morgan fingerprint density at radius 2 is 0.979 bits per heavy atom. The number of hydrogen-bond donors (Lipinski definition) is 0. The van der Waals surface area contributed by atoms with E-state index in [0.717, 1.165) is 35.4 Å². The molecule has 0 spiro atoms. The molecule has 0 amide bonds. The quantitative estimate of drug-likeness (QED) is 0.108. The molecule has 0 radical (unpaired) electrons. The molecule has 0 fully saturated rings. The van der Waals surface area contributed by atoms with Crippen LogP contribution in [-0.4, -0.2) is 30.4 Å². The highest BCUT2D eigenvalue weighted by molar-refractivity contribution is 5.92. The van der Waals surface area contributed by atoms with E-state index in [9.17, 15) is 35.9 Å². The molecule has 4 aromatic rings. The van der Waals surface area contributed by atoms with Crippen molar-refractivity contribution in [3.05, 3.63) is 125 Å². The monoisotopic (exact) mass is 656 g/mol. The molecule has 0 aromatic heterocycles. The first-order valence-corrected chi connectivity index (χ1v) is 14.9. The Kier molecular flexibility index (Phi) is 9.94. The fourth-order valence-corrected chi connectivity index (χ4v) is 5.07. The third-order valence-electron chi connectivity index (χ3n) is 7.99. The van der Waals surface area contributed by atoms with Crippen molar-refractivity contribution < 1.29 is 45.4 Å². The van der Waals surface area contributed by atoms with E-state index in [4.69, 9.17) is 9.47 Å². The molecular weight excluding hydrogens is 622 g/mol. The fraction of sp³-hybridized carbons (Fsp3) is 0.297. The van der Waals surface area contributed by atoms with E-state index in [1.54, 1.807) is 64.1 Å². The zero-order valence-corrected chi connectivity index (χ0v) is 26.4. The van der Waals surface area contributed by atoms with E-state index >= 15 is 0 Å². The number of ether oxygens (including phenoxy) is 2. The van der Waals surface area contributed by atoms with Gasteiger partial charge in [-0.1, -0.05) is 88.4 Å². The topological polar surface area (TPSA) is 52.6 Å². The third-order valence-corrected chi connectivity index (χ3v) is 7.99. The lowest BCUT2D eigenvalue weighted by molar-refractivity contribution is -0.288. The summed E-state index contributed by atoms with van der Waals surface area (Å²) in [5.41, 5.74) is -4.30. The molecule has 248 valence electrons. The maximum absolute atomic E-state index is 14.6. The first-order chi connectivity index (χ1) is 21.9. The van der Waals surface area contributed by atoms with E-state index in [1.807, 2.05) is 6.92 Å². The number of carbonyl (C=O) groups is 2. The molecule has 0 bridgehead atoms. The fourth-order valence-electron chi connectivity index (χ4n) is 5.07. The molecule has 0 saturated heterocycles. The highest BCUT2D eigenvalue weighted by Gasteiger charge is 2.72. The Morgan fingerprint density at radius 1 is 0.596 bits per heavy atom. The molecule has 0 saturated carbocycles. The molecule has 4 rings (SSSR count). The number of hydrogen-bond acceptors (Lipinski definition) is 4. The van der Waals surface area contributed by atoms with Gasteiger partial charge in [0, 0.05) is 0 Å².